The summed E-state index contributed by atoms with van der Waals surface area (Å²) in [5, 5.41) is 17.9. The van der Waals surface area contributed by atoms with E-state index in [1.165, 1.54) is 11.3 Å². The number of nitrogens with zero attached hydrogens (tertiary/aromatic N) is 2. The van der Waals surface area contributed by atoms with Crippen LogP contribution in [0.15, 0.2) is 0 Å². The molecule has 0 radical (unpaired) electrons. The molecule has 0 bridgehead atoms. The van der Waals surface area contributed by atoms with Gasteiger partial charge in [0.1, 0.15) is 0 Å². The van der Waals surface area contributed by atoms with Crippen molar-refractivity contribution >= 4 is 0 Å². The van der Waals surface area contributed by atoms with Gasteiger partial charge >= 0.3 is 0 Å². The van der Waals surface area contributed by atoms with Crippen LogP contribution < -0.4 is 5.32 Å². The fraction of sp³-hybridized carbons (Fsp3) is 0.824. The fourth-order valence-corrected chi connectivity index (χ4v) is 2.82. The van der Waals surface area contributed by atoms with Gasteiger partial charge in [0.05, 0.1) is 11.2 Å². The van der Waals surface area contributed by atoms with Crippen LogP contribution in [-0.2, 0) is 12.1 Å². The molecule has 2 N–H and O–H groups in total. The van der Waals surface area contributed by atoms with Gasteiger partial charge in [0.2, 0.25) is 0 Å². The first-order valence-corrected chi connectivity index (χ1v) is 8.08. The summed E-state index contributed by atoms with van der Waals surface area (Å²) in [7, 11) is 0. The van der Waals surface area contributed by atoms with Crippen LogP contribution >= 0.6 is 0 Å². The Morgan fingerprint density at radius 2 is 1.71 bits per heavy atom. The van der Waals surface area contributed by atoms with E-state index in [9.17, 15) is 5.11 Å². The van der Waals surface area contributed by atoms with Gasteiger partial charge in [-0.15, -0.1) is 0 Å². The van der Waals surface area contributed by atoms with Crippen molar-refractivity contribution in [1.82, 2.24) is 15.1 Å². The van der Waals surface area contributed by atoms with E-state index < -0.39 is 0 Å². The Bertz CT molecular complexity index is 445. The molecule has 4 nitrogen and oxygen atoms in total. The van der Waals surface area contributed by atoms with Crippen molar-refractivity contribution in [2.45, 2.75) is 73.4 Å². The summed E-state index contributed by atoms with van der Waals surface area (Å²) in [5.74, 6) is 0. The first kappa shape index (κ1) is 18.2. The fourth-order valence-electron chi connectivity index (χ4n) is 2.82. The maximum atomic E-state index is 9.64. The van der Waals surface area contributed by atoms with Gasteiger partial charge < -0.3 is 10.4 Å². The van der Waals surface area contributed by atoms with Gasteiger partial charge in [-0.3, -0.25) is 4.68 Å². The molecule has 0 spiro atoms. The zero-order valence-electron chi connectivity index (χ0n) is 14.9. The molecule has 0 aromatic carbocycles. The molecule has 4 heteroatoms. The predicted octanol–water partition coefficient (Wildman–Crippen LogP) is 3.14. The number of nitrogens with one attached hydrogen (secondary N) is 1. The van der Waals surface area contributed by atoms with Crippen molar-refractivity contribution < 1.29 is 5.11 Å². The SMILES string of the molecule is CCC(CC)(CO)CNCc1c(C)nn(C(C)(C)C)c1C. The number of aromatic nitrogens is 2. The summed E-state index contributed by atoms with van der Waals surface area (Å²) in [5.41, 5.74) is 3.62. The van der Waals surface area contributed by atoms with E-state index in [4.69, 9.17) is 0 Å². The summed E-state index contributed by atoms with van der Waals surface area (Å²) >= 11 is 0. The first-order valence-electron chi connectivity index (χ1n) is 8.08. The highest BCUT2D eigenvalue weighted by Gasteiger charge is 2.25. The molecule has 0 unspecified atom stereocenters. The van der Waals surface area contributed by atoms with Crippen molar-refractivity contribution in [2.75, 3.05) is 13.2 Å². The largest absolute Gasteiger partial charge is 0.396 e. The van der Waals surface area contributed by atoms with Crippen LogP contribution in [0.1, 0.15) is 64.4 Å². The Morgan fingerprint density at radius 3 is 2.10 bits per heavy atom. The average Bonchev–Trinajstić information content (AvgIpc) is 2.71. The summed E-state index contributed by atoms with van der Waals surface area (Å²) in [6.45, 7) is 16.9. The molecule has 122 valence electrons. The Hall–Kier alpha value is -0.870. The summed E-state index contributed by atoms with van der Waals surface area (Å²) in [6, 6.07) is 0. The van der Waals surface area contributed by atoms with E-state index >= 15 is 0 Å². The van der Waals surface area contributed by atoms with E-state index in [1.807, 2.05) is 0 Å². The van der Waals surface area contributed by atoms with Gasteiger partial charge in [0.25, 0.3) is 0 Å². The quantitative estimate of drug-likeness (QED) is 0.812. The highest BCUT2D eigenvalue weighted by molar-refractivity contribution is 5.25. The average molecular weight is 295 g/mol. The summed E-state index contributed by atoms with van der Waals surface area (Å²) in [6.07, 6.45) is 1.98. The Morgan fingerprint density at radius 1 is 1.14 bits per heavy atom. The molecule has 21 heavy (non-hydrogen) atoms. The second-order valence-electron chi connectivity index (χ2n) is 7.20. The number of hydrogen-bond acceptors (Lipinski definition) is 3. The molecule has 0 atom stereocenters. The Labute approximate surface area is 129 Å². The summed E-state index contributed by atoms with van der Waals surface area (Å²) in [4.78, 5) is 0. The van der Waals surface area contributed by atoms with Crippen molar-refractivity contribution in [1.29, 1.82) is 0 Å². The van der Waals surface area contributed by atoms with Crippen molar-refractivity contribution in [3.8, 4) is 0 Å². The van der Waals surface area contributed by atoms with E-state index in [0.29, 0.717) is 0 Å². The number of aryl methyl sites for hydroxylation is 1. The minimum atomic E-state index is 0.00182. The molecule has 0 aliphatic carbocycles. The molecule has 0 aliphatic heterocycles. The zero-order chi connectivity index (χ0) is 16.3. The van der Waals surface area contributed by atoms with Crippen LogP contribution in [0.2, 0.25) is 0 Å². The number of aliphatic hydroxyl groups is 1. The second kappa shape index (κ2) is 6.93. The lowest BCUT2D eigenvalue weighted by Gasteiger charge is -2.29. The van der Waals surface area contributed by atoms with Gasteiger partial charge in [-0.05, 0) is 47.5 Å². The van der Waals surface area contributed by atoms with Crippen LogP contribution in [0.5, 0.6) is 0 Å². The predicted molar refractivity (Wildman–Crippen MR) is 88.5 cm³/mol. The van der Waals surface area contributed by atoms with E-state index in [-0.39, 0.29) is 17.6 Å². The number of aliphatic hydroxyl groups excluding tert-OH is 1. The van der Waals surface area contributed by atoms with Crippen molar-refractivity contribution in [2.24, 2.45) is 5.41 Å². The van der Waals surface area contributed by atoms with Crippen LogP contribution in [0.25, 0.3) is 0 Å². The first-order chi connectivity index (χ1) is 9.70. The van der Waals surface area contributed by atoms with Crippen LogP contribution in [0.3, 0.4) is 0 Å². The van der Waals surface area contributed by atoms with Crippen LogP contribution in [-0.4, -0.2) is 28.0 Å². The van der Waals surface area contributed by atoms with Gasteiger partial charge in [-0.2, -0.15) is 5.10 Å². The molecule has 1 heterocycles. The molecule has 0 amide bonds. The minimum absolute atomic E-state index is 0.00182. The molecule has 1 aromatic heterocycles. The topological polar surface area (TPSA) is 50.1 Å². The summed E-state index contributed by atoms with van der Waals surface area (Å²) < 4.78 is 2.11. The zero-order valence-corrected chi connectivity index (χ0v) is 14.9. The van der Waals surface area contributed by atoms with E-state index in [2.05, 4.69) is 63.6 Å². The van der Waals surface area contributed by atoms with E-state index in [0.717, 1.165) is 31.6 Å². The highest BCUT2D eigenvalue weighted by Crippen LogP contribution is 2.25. The molecule has 0 aliphatic rings. The smallest absolute Gasteiger partial charge is 0.0641 e. The molecular weight excluding hydrogens is 262 g/mol. The number of rotatable bonds is 7. The van der Waals surface area contributed by atoms with Gasteiger partial charge in [-0.25, -0.2) is 0 Å². The third kappa shape index (κ3) is 4.07. The third-order valence-corrected chi connectivity index (χ3v) is 4.71. The third-order valence-electron chi connectivity index (χ3n) is 4.71. The lowest BCUT2D eigenvalue weighted by molar-refractivity contribution is 0.113. The molecule has 0 saturated carbocycles. The van der Waals surface area contributed by atoms with Crippen molar-refractivity contribution in [3.05, 3.63) is 17.0 Å². The maximum Gasteiger partial charge on any atom is 0.0641 e. The number of hydrogen-bond donors (Lipinski definition) is 2. The molecule has 1 aromatic rings. The second-order valence-corrected chi connectivity index (χ2v) is 7.20. The van der Waals surface area contributed by atoms with Crippen LogP contribution in [0.4, 0.5) is 0 Å². The van der Waals surface area contributed by atoms with Crippen LogP contribution in [0, 0.1) is 19.3 Å². The Kier molecular flexibility index (Phi) is 6.00. The normalized spacial score (nSPS) is 13.0. The van der Waals surface area contributed by atoms with Gasteiger partial charge in [0, 0.05) is 36.4 Å². The highest BCUT2D eigenvalue weighted by atomic mass is 16.3. The minimum Gasteiger partial charge on any atom is -0.396 e. The molecular formula is C17H33N3O. The van der Waals surface area contributed by atoms with E-state index in [1.54, 1.807) is 0 Å². The molecule has 0 saturated heterocycles. The van der Waals surface area contributed by atoms with Gasteiger partial charge in [0.15, 0.2) is 0 Å². The lowest BCUT2D eigenvalue weighted by atomic mass is 9.83. The monoisotopic (exact) mass is 295 g/mol. The standard InChI is InChI=1S/C17H33N3O/c1-8-17(9-2,12-21)11-18-10-15-13(3)19-20(14(15)4)16(5,6)7/h18,21H,8-12H2,1-7H3. The maximum absolute atomic E-state index is 9.64. The van der Waals surface area contributed by atoms with Crippen molar-refractivity contribution in [3.63, 3.8) is 0 Å². The molecule has 1 rings (SSSR count). The molecule has 0 fully saturated rings. The van der Waals surface area contributed by atoms with Gasteiger partial charge in [-0.1, -0.05) is 13.8 Å². The Balaban J connectivity index is 2.79. The lowest BCUT2D eigenvalue weighted by Crippen LogP contribution is -2.36.